The van der Waals surface area contributed by atoms with Gasteiger partial charge < -0.3 is 14.6 Å². The van der Waals surface area contributed by atoms with Crippen molar-refractivity contribution in [3.8, 4) is 0 Å². The van der Waals surface area contributed by atoms with Crippen molar-refractivity contribution < 1.29 is 14.0 Å². The monoisotopic (exact) mass is 236 g/mol. The molecule has 0 bridgehead atoms. The topological polar surface area (TPSA) is 62.6 Å². The molecule has 0 aromatic carbocycles. The highest BCUT2D eigenvalue weighted by Gasteiger charge is 2.26. The van der Waals surface area contributed by atoms with E-state index in [2.05, 4.69) is 5.32 Å². The molecule has 1 unspecified atom stereocenters. The summed E-state index contributed by atoms with van der Waals surface area (Å²) in [5, 5.41) is 2.66. The lowest BCUT2D eigenvalue weighted by molar-refractivity contribution is -0.133. The van der Waals surface area contributed by atoms with Crippen LogP contribution >= 0.6 is 0 Å². The van der Waals surface area contributed by atoms with E-state index in [0.717, 1.165) is 5.76 Å². The summed E-state index contributed by atoms with van der Waals surface area (Å²) < 4.78 is 5.22. The molecule has 92 valence electrons. The molecule has 0 saturated carbocycles. The normalized spacial score (nSPS) is 21.2. The van der Waals surface area contributed by atoms with Gasteiger partial charge in [0.1, 0.15) is 11.8 Å². The molecule has 0 spiro atoms. The fourth-order valence-corrected chi connectivity index (χ4v) is 1.92. The number of furan rings is 1. The Labute approximate surface area is 99.8 Å². The number of hydrogen-bond acceptors (Lipinski definition) is 3. The van der Waals surface area contributed by atoms with E-state index < -0.39 is 6.04 Å². The molecule has 17 heavy (non-hydrogen) atoms. The van der Waals surface area contributed by atoms with E-state index in [-0.39, 0.29) is 11.8 Å². The van der Waals surface area contributed by atoms with Crippen LogP contribution in [0, 0.1) is 0 Å². The van der Waals surface area contributed by atoms with Gasteiger partial charge in [-0.05, 0) is 19.1 Å². The molecule has 5 heteroatoms. The minimum Gasteiger partial charge on any atom is -0.469 e. The molecule has 1 aromatic rings. The molecule has 1 atom stereocenters. The number of carbonyl (C=O) groups excluding carboxylic acids is 2. The molecule has 1 aliphatic rings. The van der Waals surface area contributed by atoms with Crippen molar-refractivity contribution in [2.45, 2.75) is 25.8 Å². The maximum Gasteiger partial charge on any atom is 0.244 e. The van der Waals surface area contributed by atoms with E-state index in [4.69, 9.17) is 4.42 Å². The predicted molar refractivity (Wildman–Crippen MR) is 61.2 cm³/mol. The van der Waals surface area contributed by atoms with Gasteiger partial charge in [-0.2, -0.15) is 0 Å². The average molecular weight is 236 g/mol. The van der Waals surface area contributed by atoms with Crippen LogP contribution in [0.1, 0.15) is 19.1 Å². The van der Waals surface area contributed by atoms with Crippen molar-refractivity contribution in [2.75, 3.05) is 13.1 Å². The first-order chi connectivity index (χ1) is 8.16. The summed E-state index contributed by atoms with van der Waals surface area (Å²) in [6, 6.07) is 3.28. The minimum absolute atomic E-state index is 0.0255. The zero-order valence-corrected chi connectivity index (χ0v) is 9.81. The molecule has 0 aliphatic carbocycles. The van der Waals surface area contributed by atoms with Crippen molar-refractivity contribution in [3.63, 3.8) is 0 Å². The Hall–Kier alpha value is -1.78. The zero-order valence-electron chi connectivity index (χ0n) is 9.81. The Balaban J connectivity index is 1.94. The summed E-state index contributed by atoms with van der Waals surface area (Å²) in [7, 11) is 0. The lowest BCUT2D eigenvalue weighted by Gasteiger charge is -2.21. The summed E-state index contributed by atoms with van der Waals surface area (Å²) >= 11 is 0. The number of amides is 2. The predicted octanol–water partition coefficient (Wildman–Crippen LogP) is 0.559. The van der Waals surface area contributed by atoms with Gasteiger partial charge in [0, 0.05) is 25.9 Å². The van der Waals surface area contributed by atoms with E-state index in [1.807, 2.05) is 12.1 Å². The maximum atomic E-state index is 11.9. The van der Waals surface area contributed by atoms with Crippen LogP contribution in [-0.2, 0) is 16.0 Å². The van der Waals surface area contributed by atoms with Crippen LogP contribution in [0.5, 0.6) is 0 Å². The zero-order chi connectivity index (χ0) is 12.3. The number of carbonyl (C=O) groups is 2. The molecular weight excluding hydrogens is 220 g/mol. The Morgan fingerprint density at radius 1 is 1.53 bits per heavy atom. The number of rotatable bonds is 3. The minimum atomic E-state index is -0.429. The third kappa shape index (κ3) is 2.87. The average Bonchev–Trinajstić information content (AvgIpc) is 2.77. The summed E-state index contributed by atoms with van der Waals surface area (Å²) in [5.41, 5.74) is 0. The first-order valence-corrected chi connectivity index (χ1v) is 5.77. The van der Waals surface area contributed by atoms with Gasteiger partial charge in [-0.15, -0.1) is 0 Å². The second-order valence-electron chi connectivity index (χ2n) is 4.19. The van der Waals surface area contributed by atoms with Crippen LogP contribution < -0.4 is 5.32 Å². The van der Waals surface area contributed by atoms with Crippen molar-refractivity contribution in [3.05, 3.63) is 24.2 Å². The Morgan fingerprint density at radius 2 is 2.35 bits per heavy atom. The fourth-order valence-electron chi connectivity index (χ4n) is 1.92. The Kier molecular flexibility index (Phi) is 3.46. The van der Waals surface area contributed by atoms with Gasteiger partial charge in [0.2, 0.25) is 11.8 Å². The first kappa shape index (κ1) is 11.7. The molecule has 5 nitrogen and oxygen atoms in total. The van der Waals surface area contributed by atoms with E-state index in [0.29, 0.717) is 25.9 Å². The van der Waals surface area contributed by atoms with Crippen molar-refractivity contribution in [1.82, 2.24) is 10.2 Å². The first-order valence-electron chi connectivity index (χ1n) is 5.77. The van der Waals surface area contributed by atoms with Gasteiger partial charge in [-0.3, -0.25) is 9.59 Å². The van der Waals surface area contributed by atoms with Crippen LogP contribution in [0.3, 0.4) is 0 Å². The van der Waals surface area contributed by atoms with Crippen LogP contribution in [0.25, 0.3) is 0 Å². The summed E-state index contributed by atoms with van der Waals surface area (Å²) in [5.74, 6) is 0.766. The Morgan fingerprint density at radius 3 is 3.06 bits per heavy atom. The molecule has 1 N–H and O–H groups in total. The van der Waals surface area contributed by atoms with Crippen LogP contribution in [0.2, 0.25) is 0 Å². The third-order valence-electron chi connectivity index (χ3n) is 2.88. The molecule has 2 amide bonds. The van der Waals surface area contributed by atoms with Crippen LogP contribution in [0.4, 0.5) is 0 Å². The summed E-state index contributed by atoms with van der Waals surface area (Å²) in [4.78, 5) is 25.0. The van der Waals surface area contributed by atoms with Crippen LogP contribution in [0.15, 0.2) is 22.8 Å². The third-order valence-corrected chi connectivity index (χ3v) is 2.88. The lowest BCUT2D eigenvalue weighted by Crippen LogP contribution is -2.43. The fraction of sp³-hybridized carbons (Fsp3) is 0.500. The van der Waals surface area contributed by atoms with Gasteiger partial charge in [0.15, 0.2) is 0 Å². The maximum absolute atomic E-state index is 11.9. The quantitative estimate of drug-likeness (QED) is 0.834. The van der Waals surface area contributed by atoms with E-state index in [1.165, 1.54) is 0 Å². The Bertz CT molecular complexity index is 400. The molecule has 2 heterocycles. The largest absolute Gasteiger partial charge is 0.469 e. The molecule has 2 rings (SSSR count). The smallest absolute Gasteiger partial charge is 0.244 e. The van der Waals surface area contributed by atoms with E-state index in [1.54, 1.807) is 18.1 Å². The van der Waals surface area contributed by atoms with Crippen molar-refractivity contribution >= 4 is 11.8 Å². The van der Waals surface area contributed by atoms with Crippen molar-refractivity contribution in [1.29, 1.82) is 0 Å². The second-order valence-corrected chi connectivity index (χ2v) is 4.19. The number of nitrogens with one attached hydrogen (secondary N) is 1. The highest BCUT2D eigenvalue weighted by Crippen LogP contribution is 2.07. The van der Waals surface area contributed by atoms with Gasteiger partial charge in [0.25, 0.3) is 0 Å². The summed E-state index contributed by atoms with van der Waals surface area (Å²) in [6.45, 7) is 2.78. The van der Waals surface area contributed by atoms with E-state index in [9.17, 15) is 9.59 Å². The highest BCUT2D eigenvalue weighted by molar-refractivity contribution is 5.89. The van der Waals surface area contributed by atoms with E-state index >= 15 is 0 Å². The summed E-state index contributed by atoms with van der Waals surface area (Å²) in [6.07, 6.45) is 2.67. The molecule has 0 radical (unpaired) electrons. The molecular formula is C12H16N2O3. The molecule has 1 fully saturated rings. The van der Waals surface area contributed by atoms with Crippen LogP contribution in [-0.4, -0.2) is 35.8 Å². The van der Waals surface area contributed by atoms with Crippen molar-refractivity contribution in [2.24, 2.45) is 0 Å². The number of hydrogen-bond donors (Lipinski definition) is 1. The second kappa shape index (κ2) is 5.03. The SMILES string of the molecule is CC1NC(=O)CCN(CCc2ccco2)C1=O. The van der Waals surface area contributed by atoms with Gasteiger partial charge in [-0.1, -0.05) is 0 Å². The highest BCUT2D eigenvalue weighted by atomic mass is 16.3. The molecule has 1 aromatic heterocycles. The molecule has 1 aliphatic heterocycles. The number of nitrogens with zero attached hydrogens (tertiary/aromatic N) is 1. The standard InChI is InChI=1S/C12H16N2O3/c1-9-12(16)14(7-5-11(15)13-9)6-4-10-3-2-8-17-10/h2-3,8-9H,4-7H2,1H3,(H,13,15). The van der Waals surface area contributed by atoms with Gasteiger partial charge in [-0.25, -0.2) is 0 Å². The molecule has 1 saturated heterocycles. The lowest BCUT2D eigenvalue weighted by atomic mass is 10.2. The van der Waals surface area contributed by atoms with Gasteiger partial charge >= 0.3 is 0 Å². The van der Waals surface area contributed by atoms with Gasteiger partial charge in [0.05, 0.1) is 6.26 Å².